The number of nitrogens with one attached hydrogen (secondary N) is 1. The minimum atomic E-state index is -0.776. The number of carbonyl (C=O) groups excluding carboxylic acids is 4. The van der Waals surface area contributed by atoms with Crippen LogP contribution in [0.4, 0.5) is 0 Å². The Kier molecular flexibility index (Phi) is 5.88. The lowest BCUT2D eigenvalue weighted by molar-refractivity contribution is -0.175. The van der Waals surface area contributed by atoms with E-state index in [0.29, 0.717) is 25.8 Å². The molecule has 2 heterocycles. The van der Waals surface area contributed by atoms with E-state index >= 15 is 0 Å². The summed E-state index contributed by atoms with van der Waals surface area (Å²) in [5.74, 6) is -0.907. The van der Waals surface area contributed by atoms with Crippen LogP contribution >= 0.6 is 0 Å². The average Bonchev–Trinajstić information content (AvgIpc) is 2.79. The third-order valence-electron chi connectivity index (χ3n) is 5.15. The van der Waals surface area contributed by atoms with E-state index in [-0.39, 0.29) is 42.8 Å². The molecule has 3 rings (SSSR count). The molecule has 0 spiro atoms. The van der Waals surface area contributed by atoms with Crippen LogP contribution in [0.5, 0.6) is 0 Å². The van der Waals surface area contributed by atoms with Gasteiger partial charge in [0.1, 0.15) is 12.1 Å². The number of Topliss-reactive ketones (excluding diaryl/α,β-unsaturated/α-hetero) is 1. The summed E-state index contributed by atoms with van der Waals surface area (Å²) in [5.41, 5.74) is 1.05. The molecular formula is C20H25N3O4. The van der Waals surface area contributed by atoms with Gasteiger partial charge in [0, 0.05) is 19.4 Å². The first-order valence-corrected chi connectivity index (χ1v) is 9.44. The number of hydrogen-bond acceptors (Lipinski definition) is 4. The van der Waals surface area contributed by atoms with Gasteiger partial charge in [-0.1, -0.05) is 30.3 Å². The number of aryl methyl sites for hydroxylation is 1. The van der Waals surface area contributed by atoms with Crippen molar-refractivity contribution in [2.24, 2.45) is 0 Å². The number of rotatable bonds is 5. The molecule has 0 saturated carbocycles. The molecule has 2 atom stereocenters. The highest BCUT2D eigenvalue weighted by atomic mass is 16.2. The second-order valence-electron chi connectivity index (χ2n) is 7.11. The van der Waals surface area contributed by atoms with E-state index in [1.807, 2.05) is 30.3 Å². The number of amides is 3. The Morgan fingerprint density at radius 1 is 1.15 bits per heavy atom. The second kappa shape index (κ2) is 8.33. The van der Waals surface area contributed by atoms with Gasteiger partial charge in [0.05, 0.1) is 0 Å². The van der Waals surface area contributed by atoms with Gasteiger partial charge in [-0.25, -0.2) is 5.01 Å². The number of benzene rings is 1. The lowest BCUT2D eigenvalue weighted by Crippen LogP contribution is -2.61. The van der Waals surface area contributed by atoms with Crippen molar-refractivity contribution in [3.8, 4) is 0 Å². The van der Waals surface area contributed by atoms with Crippen molar-refractivity contribution in [1.82, 2.24) is 15.3 Å². The maximum atomic E-state index is 13.0. The van der Waals surface area contributed by atoms with Gasteiger partial charge in [-0.3, -0.25) is 24.2 Å². The van der Waals surface area contributed by atoms with Crippen LogP contribution in [0, 0.1) is 0 Å². The normalized spacial score (nSPS) is 22.9. The first kappa shape index (κ1) is 19.1. The molecule has 7 heteroatoms. The van der Waals surface area contributed by atoms with E-state index in [9.17, 15) is 19.2 Å². The van der Waals surface area contributed by atoms with E-state index in [1.165, 1.54) is 16.9 Å². The summed E-state index contributed by atoms with van der Waals surface area (Å²) in [4.78, 5) is 49.8. The molecule has 1 unspecified atom stereocenters. The topological polar surface area (TPSA) is 86.8 Å². The summed E-state index contributed by atoms with van der Waals surface area (Å²) in [6, 6.07) is 8.25. The largest absolute Gasteiger partial charge is 0.344 e. The number of nitrogens with zero attached hydrogens (tertiary/aromatic N) is 2. The Labute approximate surface area is 158 Å². The van der Waals surface area contributed by atoms with E-state index in [4.69, 9.17) is 0 Å². The Bertz CT molecular complexity index is 734. The zero-order valence-electron chi connectivity index (χ0n) is 15.5. The number of ketones is 1. The fourth-order valence-electron chi connectivity index (χ4n) is 3.71. The zero-order valence-corrected chi connectivity index (χ0v) is 15.5. The zero-order chi connectivity index (χ0) is 19.4. The molecule has 27 heavy (non-hydrogen) atoms. The minimum absolute atomic E-state index is 0.142. The lowest BCUT2D eigenvalue weighted by atomic mass is 10.0. The van der Waals surface area contributed by atoms with Crippen LogP contribution in [0.1, 0.15) is 44.6 Å². The predicted molar refractivity (Wildman–Crippen MR) is 98.2 cm³/mol. The molecule has 2 aliphatic heterocycles. The van der Waals surface area contributed by atoms with Crippen molar-refractivity contribution in [1.29, 1.82) is 0 Å². The fourth-order valence-corrected chi connectivity index (χ4v) is 3.71. The molecule has 2 fully saturated rings. The maximum absolute atomic E-state index is 13.0. The molecule has 0 radical (unpaired) electrons. The van der Waals surface area contributed by atoms with Gasteiger partial charge in [0.15, 0.2) is 5.78 Å². The molecule has 2 aliphatic rings. The van der Waals surface area contributed by atoms with Crippen molar-refractivity contribution >= 4 is 23.5 Å². The average molecular weight is 371 g/mol. The Morgan fingerprint density at radius 2 is 1.89 bits per heavy atom. The summed E-state index contributed by atoms with van der Waals surface area (Å²) in [6.07, 6.45) is 2.51. The van der Waals surface area contributed by atoms with Gasteiger partial charge >= 0.3 is 0 Å². The standard InChI is InChI=1S/C20H25N3O4/c1-14(24)17-8-5-13-22-19(26)12-10-16(20(27)23(17)22)21-18(25)11-9-15-6-3-2-4-7-15/h2-4,6-7,16-17H,5,8-13H2,1H3,(H,21,25)/t16?,17-/m0/s1. The quantitative estimate of drug-likeness (QED) is 0.843. The predicted octanol–water partition coefficient (Wildman–Crippen LogP) is 1.22. The van der Waals surface area contributed by atoms with Crippen molar-refractivity contribution < 1.29 is 19.2 Å². The molecule has 1 N–H and O–H groups in total. The Hall–Kier alpha value is -2.70. The van der Waals surface area contributed by atoms with Gasteiger partial charge in [-0.05, 0) is 38.2 Å². The fraction of sp³-hybridized carbons (Fsp3) is 0.500. The van der Waals surface area contributed by atoms with E-state index < -0.39 is 12.1 Å². The van der Waals surface area contributed by atoms with Crippen LogP contribution < -0.4 is 5.32 Å². The highest BCUT2D eigenvalue weighted by Crippen LogP contribution is 2.25. The molecule has 0 bridgehead atoms. The number of hydrazine groups is 1. The smallest absolute Gasteiger partial charge is 0.264 e. The number of hydrogen-bond donors (Lipinski definition) is 1. The molecular weight excluding hydrogens is 346 g/mol. The molecule has 7 nitrogen and oxygen atoms in total. The van der Waals surface area contributed by atoms with E-state index in [2.05, 4.69) is 5.32 Å². The SMILES string of the molecule is CC(=O)[C@@H]1CCCN2C(=O)CCC(NC(=O)CCc3ccccc3)C(=O)N12. The Balaban J connectivity index is 1.68. The lowest BCUT2D eigenvalue weighted by Gasteiger charge is -2.42. The molecule has 1 aromatic carbocycles. The summed E-state index contributed by atoms with van der Waals surface area (Å²) in [5, 5.41) is 5.46. The highest BCUT2D eigenvalue weighted by molar-refractivity contribution is 5.95. The van der Waals surface area contributed by atoms with E-state index in [1.54, 1.807) is 0 Å². The third kappa shape index (κ3) is 4.35. The van der Waals surface area contributed by atoms with Crippen LogP contribution in [-0.4, -0.2) is 52.2 Å². The Morgan fingerprint density at radius 3 is 2.59 bits per heavy atom. The first-order chi connectivity index (χ1) is 13.0. The molecule has 3 amide bonds. The summed E-state index contributed by atoms with van der Waals surface area (Å²) in [7, 11) is 0. The van der Waals surface area contributed by atoms with Crippen molar-refractivity contribution in [2.45, 2.75) is 57.5 Å². The molecule has 144 valence electrons. The van der Waals surface area contributed by atoms with Crippen LogP contribution in [0.15, 0.2) is 30.3 Å². The summed E-state index contributed by atoms with van der Waals surface area (Å²) < 4.78 is 0. The number of fused-ring (bicyclic) bond motifs is 1. The molecule has 0 aromatic heterocycles. The van der Waals surface area contributed by atoms with Crippen molar-refractivity contribution in [3.05, 3.63) is 35.9 Å². The summed E-state index contributed by atoms with van der Waals surface area (Å²) >= 11 is 0. The first-order valence-electron chi connectivity index (χ1n) is 9.44. The van der Waals surface area contributed by atoms with Crippen molar-refractivity contribution in [2.75, 3.05) is 6.54 Å². The van der Waals surface area contributed by atoms with Crippen LogP contribution in [0.3, 0.4) is 0 Å². The second-order valence-corrected chi connectivity index (χ2v) is 7.11. The van der Waals surface area contributed by atoms with E-state index in [0.717, 1.165) is 5.56 Å². The van der Waals surface area contributed by atoms with Gasteiger partial charge in [-0.15, -0.1) is 0 Å². The minimum Gasteiger partial charge on any atom is -0.344 e. The monoisotopic (exact) mass is 371 g/mol. The maximum Gasteiger partial charge on any atom is 0.264 e. The van der Waals surface area contributed by atoms with Gasteiger partial charge < -0.3 is 5.32 Å². The van der Waals surface area contributed by atoms with Crippen LogP contribution in [-0.2, 0) is 25.6 Å². The van der Waals surface area contributed by atoms with Gasteiger partial charge in [0.2, 0.25) is 11.8 Å². The molecule has 1 aromatic rings. The third-order valence-corrected chi connectivity index (χ3v) is 5.15. The van der Waals surface area contributed by atoms with Gasteiger partial charge in [-0.2, -0.15) is 0 Å². The highest BCUT2D eigenvalue weighted by Gasteiger charge is 2.43. The number of carbonyl (C=O) groups is 4. The van der Waals surface area contributed by atoms with Crippen LogP contribution in [0.25, 0.3) is 0 Å². The molecule has 0 aliphatic carbocycles. The molecule has 2 saturated heterocycles. The van der Waals surface area contributed by atoms with Crippen LogP contribution in [0.2, 0.25) is 0 Å². The van der Waals surface area contributed by atoms with Gasteiger partial charge in [0.25, 0.3) is 5.91 Å². The summed E-state index contributed by atoms with van der Waals surface area (Å²) in [6.45, 7) is 1.87. The van der Waals surface area contributed by atoms with Crippen molar-refractivity contribution in [3.63, 3.8) is 0 Å².